The topological polar surface area (TPSA) is 112 Å². The molecule has 7 nitrogen and oxygen atoms in total. The maximum Gasteiger partial charge on any atom is 0.573 e. The number of hydrogen-bond donors (Lipinski definition) is 1. The van der Waals surface area contributed by atoms with E-state index in [0.29, 0.717) is 0 Å². The summed E-state index contributed by atoms with van der Waals surface area (Å²) < 4.78 is 50.1. The van der Waals surface area contributed by atoms with Gasteiger partial charge in [-0.1, -0.05) is 0 Å². The van der Waals surface area contributed by atoms with Crippen molar-refractivity contribution >= 4 is 28.3 Å². The van der Waals surface area contributed by atoms with Crippen molar-refractivity contribution in [2.24, 2.45) is 0 Å². The maximum absolute atomic E-state index is 12.2. The van der Waals surface area contributed by atoms with Crippen LogP contribution in [0.25, 0.3) is 0 Å². The van der Waals surface area contributed by atoms with Gasteiger partial charge in [0.1, 0.15) is 28.3 Å². The smallest absolute Gasteiger partial charge is 0.462 e. The zero-order valence-electron chi connectivity index (χ0n) is 14.3. The average Bonchev–Trinajstić information content (AvgIpc) is 2.94. The van der Waals surface area contributed by atoms with E-state index < -0.39 is 30.7 Å². The molecule has 28 heavy (non-hydrogen) atoms. The van der Waals surface area contributed by atoms with Crippen molar-refractivity contribution in [3.8, 4) is 11.8 Å². The summed E-state index contributed by atoms with van der Waals surface area (Å²) in [5.74, 6) is -2.08. The fourth-order valence-corrected chi connectivity index (χ4v) is 3.04. The van der Waals surface area contributed by atoms with Crippen LogP contribution >= 0.6 is 11.3 Å². The fourth-order valence-electron chi connectivity index (χ4n) is 2.12. The number of thiophene rings is 1. The van der Waals surface area contributed by atoms with Crippen molar-refractivity contribution in [1.29, 1.82) is 5.26 Å². The van der Waals surface area contributed by atoms with Crippen molar-refractivity contribution in [2.45, 2.75) is 19.9 Å². The third-order valence-electron chi connectivity index (χ3n) is 3.28. The Kier molecular flexibility index (Phi) is 6.48. The Bertz CT molecular complexity index is 917. The summed E-state index contributed by atoms with van der Waals surface area (Å²) in [7, 11) is 0. The van der Waals surface area contributed by atoms with E-state index in [-0.39, 0.29) is 33.2 Å². The highest BCUT2D eigenvalue weighted by Gasteiger charge is 2.31. The molecule has 0 saturated carbocycles. The Morgan fingerprint density at radius 3 is 2.36 bits per heavy atom. The van der Waals surface area contributed by atoms with Gasteiger partial charge in [-0.15, -0.1) is 24.5 Å². The normalized spacial score (nSPS) is 10.8. The summed E-state index contributed by atoms with van der Waals surface area (Å²) >= 11 is 0.835. The highest BCUT2D eigenvalue weighted by molar-refractivity contribution is 7.18. The molecule has 0 radical (unpaired) electrons. The van der Waals surface area contributed by atoms with Crippen LogP contribution in [0.1, 0.15) is 38.1 Å². The predicted octanol–water partition coefficient (Wildman–Crippen LogP) is 3.63. The van der Waals surface area contributed by atoms with Gasteiger partial charge in [0.15, 0.2) is 0 Å². The van der Waals surface area contributed by atoms with Gasteiger partial charge >= 0.3 is 18.3 Å². The van der Waals surface area contributed by atoms with Gasteiger partial charge in [-0.2, -0.15) is 5.26 Å². The first-order valence-corrected chi connectivity index (χ1v) is 8.49. The standard InChI is InChI=1S/C17H13F3N2O5S/c1-2-25-16(24)13-12(11(7-21)14(22)28-13)8-26-15(23)9-3-5-10(6-4-9)27-17(18,19)20/h3-6H,2,8,22H2,1H3. The van der Waals surface area contributed by atoms with Crippen molar-refractivity contribution in [1.82, 2.24) is 0 Å². The van der Waals surface area contributed by atoms with Crippen LogP contribution in [0.15, 0.2) is 24.3 Å². The summed E-state index contributed by atoms with van der Waals surface area (Å²) in [6.45, 7) is 1.26. The lowest BCUT2D eigenvalue weighted by molar-refractivity contribution is -0.274. The van der Waals surface area contributed by atoms with E-state index >= 15 is 0 Å². The molecule has 1 heterocycles. The molecule has 0 spiro atoms. The first-order chi connectivity index (χ1) is 13.2. The number of nitriles is 1. The molecule has 2 N–H and O–H groups in total. The van der Waals surface area contributed by atoms with Crippen LogP contribution in [-0.4, -0.2) is 24.9 Å². The molecule has 11 heteroatoms. The van der Waals surface area contributed by atoms with Gasteiger partial charge in [-0.25, -0.2) is 9.59 Å². The van der Waals surface area contributed by atoms with Gasteiger partial charge in [0.25, 0.3) is 0 Å². The van der Waals surface area contributed by atoms with E-state index in [1.807, 2.05) is 6.07 Å². The van der Waals surface area contributed by atoms with Crippen LogP contribution in [0.2, 0.25) is 0 Å². The van der Waals surface area contributed by atoms with Crippen LogP contribution in [0, 0.1) is 11.3 Å². The number of halogens is 3. The molecule has 0 unspecified atom stereocenters. The number of hydrogen-bond acceptors (Lipinski definition) is 8. The zero-order valence-corrected chi connectivity index (χ0v) is 15.1. The lowest BCUT2D eigenvalue weighted by Gasteiger charge is -2.09. The van der Waals surface area contributed by atoms with Crippen molar-refractivity contribution in [2.75, 3.05) is 12.3 Å². The second kappa shape index (κ2) is 8.62. The van der Waals surface area contributed by atoms with Crippen molar-refractivity contribution in [3.05, 3.63) is 45.8 Å². The van der Waals surface area contributed by atoms with Gasteiger partial charge in [-0.3, -0.25) is 0 Å². The molecule has 2 rings (SSSR count). The minimum absolute atomic E-state index is 0.00484. The molecule has 0 aliphatic carbocycles. The second-order valence-electron chi connectivity index (χ2n) is 5.13. The Balaban J connectivity index is 2.14. The Labute approximate surface area is 161 Å². The highest BCUT2D eigenvalue weighted by atomic mass is 32.1. The van der Waals surface area contributed by atoms with Crippen LogP contribution in [0.4, 0.5) is 18.2 Å². The van der Waals surface area contributed by atoms with Crippen LogP contribution in [0.5, 0.6) is 5.75 Å². The molecule has 2 aromatic rings. The number of nitrogens with zero attached hydrogens (tertiary/aromatic N) is 1. The predicted molar refractivity (Wildman–Crippen MR) is 91.6 cm³/mol. The average molecular weight is 414 g/mol. The number of rotatable bonds is 6. The fraction of sp³-hybridized carbons (Fsp3) is 0.235. The van der Waals surface area contributed by atoms with Crippen LogP contribution < -0.4 is 10.5 Å². The third-order valence-corrected chi connectivity index (χ3v) is 4.32. The number of alkyl halides is 3. The van der Waals surface area contributed by atoms with Crippen molar-refractivity contribution in [3.63, 3.8) is 0 Å². The summed E-state index contributed by atoms with van der Waals surface area (Å²) in [6, 6.07) is 5.92. The van der Waals surface area contributed by atoms with E-state index in [4.69, 9.17) is 15.2 Å². The van der Waals surface area contributed by atoms with E-state index in [2.05, 4.69) is 4.74 Å². The molecular formula is C17H13F3N2O5S. The number of benzene rings is 1. The molecule has 0 atom stereocenters. The first-order valence-electron chi connectivity index (χ1n) is 7.67. The zero-order chi connectivity index (χ0) is 20.9. The van der Waals surface area contributed by atoms with Crippen LogP contribution in [-0.2, 0) is 16.1 Å². The van der Waals surface area contributed by atoms with Gasteiger partial charge in [0, 0.05) is 5.56 Å². The lowest BCUT2D eigenvalue weighted by Crippen LogP contribution is -2.17. The second-order valence-corrected chi connectivity index (χ2v) is 6.18. The van der Waals surface area contributed by atoms with Crippen LogP contribution in [0.3, 0.4) is 0 Å². The molecule has 0 saturated heterocycles. The molecule has 1 aromatic carbocycles. The number of anilines is 1. The molecule has 0 bridgehead atoms. The SMILES string of the molecule is CCOC(=O)c1sc(N)c(C#N)c1COC(=O)c1ccc(OC(F)(F)F)cc1. The molecule has 0 fully saturated rings. The summed E-state index contributed by atoms with van der Waals surface area (Å²) in [5.41, 5.74) is 5.77. The number of nitrogens with two attached hydrogens (primary N) is 1. The number of carbonyl (C=O) groups is 2. The molecule has 148 valence electrons. The minimum atomic E-state index is -4.85. The molecule has 0 aliphatic heterocycles. The summed E-state index contributed by atoms with van der Waals surface area (Å²) in [4.78, 5) is 24.1. The van der Waals surface area contributed by atoms with E-state index in [1.54, 1.807) is 6.92 Å². The lowest BCUT2D eigenvalue weighted by atomic mass is 10.1. The summed E-state index contributed by atoms with van der Waals surface area (Å²) in [5, 5.41) is 9.28. The largest absolute Gasteiger partial charge is 0.573 e. The first kappa shape index (κ1) is 21.0. The van der Waals surface area contributed by atoms with Gasteiger partial charge in [-0.05, 0) is 31.2 Å². The minimum Gasteiger partial charge on any atom is -0.462 e. The van der Waals surface area contributed by atoms with E-state index in [9.17, 15) is 28.0 Å². The van der Waals surface area contributed by atoms with E-state index in [0.717, 1.165) is 35.6 Å². The van der Waals surface area contributed by atoms with Gasteiger partial charge < -0.3 is 19.9 Å². The quantitative estimate of drug-likeness (QED) is 0.719. The van der Waals surface area contributed by atoms with E-state index in [1.165, 1.54) is 0 Å². The Morgan fingerprint density at radius 1 is 1.18 bits per heavy atom. The molecule has 1 aromatic heterocycles. The number of nitrogen functional groups attached to an aromatic ring is 1. The number of esters is 2. The number of carbonyl (C=O) groups excluding carboxylic acids is 2. The molecule has 0 amide bonds. The monoisotopic (exact) mass is 414 g/mol. The number of ether oxygens (including phenoxy) is 3. The van der Waals surface area contributed by atoms with Gasteiger partial charge in [0.05, 0.1) is 17.7 Å². The maximum atomic E-state index is 12.2. The molecular weight excluding hydrogens is 401 g/mol. The Hall–Kier alpha value is -3.26. The van der Waals surface area contributed by atoms with Crippen molar-refractivity contribution < 1.29 is 37.0 Å². The summed E-state index contributed by atoms with van der Waals surface area (Å²) in [6.07, 6.45) is -4.85. The third kappa shape index (κ3) is 5.14. The highest BCUT2D eigenvalue weighted by Crippen LogP contribution is 2.32. The Morgan fingerprint density at radius 2 is 1.82 bits per heavy atom. The van der Waals surface area contributed by atoms with Gasteiger partial charge in [0.2, 0.25) is 0 Å². The molecule has 0 aliphatic rings.